The number of rotatable bonds is 5. The minimum Gasteiger partial charge on any atom is -0.465 e. The van der Waals surface area contributed by atoms with Crippen LogP contribution in [0.1, 0.15) is 58.7 Å². The summed E-state index contributed by atoms with van der Waals surface area (Å²) >= 11 is 14.2. The molecule has 0 spiro atoms. The summed E-state index contributed by atoms with van der Waals surface area (Å²) in [6.07, 6.45) is -0.511. The average Bonchev–Trinajstić information content (AvgIpc) is 3.35. The van der Waals surface area contributed by atoms with Crippen molar-refractivity contribution in [2.45, 2.75) is 58.7 Å². The maximum absolute atomic E-state index is 12.9. The first kappa shape index (κ1) is 29.3. The van der Waals surface area contributed by atoms with Crippen molar-refractivity contribution in [3.8, 4) is 0 Å². The van der Waals surface area contributed by atoms with Crippen molar-refractivity contribution in [3.63, 3.8) is 0 Å². The molecule has 0 N–H and O–H groups in total. The smallest absolute Gasteiger partial charge is 0.414 e. The van der Waals surface area contributed by atoms with Gasteiger partial charge in [-0.3, -0.25) is 4.90 Å². The SMILES string of the molecule is COC(=O)C1=C(C(C)C)N2C(=N[C@@](C)(c3ccc(Cl)c(N(C)C(=O)OC(C)(C)C)c3)[C@H]2c2ccc(Cl)cc2)S1. The number of fused-ring (bicyclic) bond motifs is 1. The van der Waals surface area contributed by atoms with Crippen LogP contribution in [0.2, 0.25) is 10.0 Å². The number of nitrogens with zero attached hydrogens (tertiary/aromatic N) is 3. The van der Waals surface area contributed by atoms with Crippen LogP contribution in [0.3, 0.4) is 0 Å². The molecule has 2 aliphatic heterocycles. The number of benzene rings is 2. The maximum Gasteiger partial charge on any atom is 0.414 e. The Balaban J connectivity index is 1.86. The van der Waals surface area contributed by atoms with E-state index in [-0.39, 0.29) is 17.9 Å². The Morgan fingerprint density at radius 3 is 2.33 bits per heavy atom. The molecule has 2 atom stereocenters. The molecule has 7 nitrogen and oxygen atoms in total. The largest absolute Gasteiger partial charge is 0.465 e. The fourth-order valence-electron chi connectivity index (χ4n) is 4.88. The third kappa shape index (κ3) is 5.52. The molecule has 208 valence electrons. The molecule has 0 unspecified atom stereocenters. The van der Waals surface area contributed by atoms with Gasteiger partial charge in [-0.15, -0.1) is 0 Å². The van der Waals surface area contributed by atoms with Crippen LogP contribution in [0, 0.1) is 5.92 Å². The van der Waals surface area contributed by atoms with Gasteiger partial charge >= 0.3 is 12.1 Å². The molecule has 39 heavy (non-hydrogen) atoms. The van der Waals surface area contributed by atoms with Gasteiger partial charge in [0.1, 0.15) is 16.0 Å². The number of ether oxygens (including phenoxy) is 2. The van der Waals surface area contributed by atoms with Gasteiger partial charge in [-0.2, -0.15) is 0 Å². The fourth-order valence-corrected chi connectivity index (χ4v) is 6.57. The van der Waals surface area contributed by atoms with E-state index in [0.29, 0.717) is 25.8 Å². The van der Waals surface area contributed by atoms with Crippen LogP contribution in [0.25, 0.3) is 0 Å². The van der Waals surface area contributed by atoms with Gasteiger partial charge in [-0.25, -0.2) is 14.6 Å². The number of anilines is 1. The summed E-state index contributed by atoms with van der Waals surface area (Å²) in [5, 5.41) is 1.74. The molecule has 4 rings (SSSR count). The number of allylic oxidation sites excluding steroid dienone is 1. The molecular weight excluding hydrogens is 557 g/mol. The fraction of sp³-hybridized carbons (Fsp3) is 0.414. The molecule has 1 amide bonds. The van der Waals surface area contributed by atoms with Gasteiger partial charge in [-0.1, -0.05) is 55.2 Å². The van der Waals surface area contributed by atoms with Crippen molar-refractivity contribution in [2.24, 2.45) is 10.9 Å². The second-order valence-electron chi connectivity index (χ2n) is 11.0. The van der Waals surface area contributed by atoms with Gasteiger partial charge in [0.15, 0.2) is 5.17 Å². The van der Waals surface area contributed by atoms with Crippen molar-refractivity contribution in [1.29, 1.82) is 0 Å². The molecule has 0 radical (unpaired) electrons. The average molecular weight is 591 g/mol. The van der Waals surface area contributed by atoms with Crippen molar-refractivity contribution in [1.82, 2.24) is 4.90 Å². The Labute approximate surface area is 244 Å². The Morgan fingerprint density at radius 1 is 1.13 bits per heavy atom. The number of carbonyl (C=O) groups excluding carboxylic acids is 2. The molecule has 0 aliphatic carbocycles. The zero-order valence-corrected chi connectivity index (χ0v) is 25.7. The Morgan fingerprint density at radius 2 is 1.77 bits per heavy atom. The Kier molecular flexibility index (Phi) is 8.05. The number of hydrogen-bond donors (Lipinski definition) is 0. The second kappa shape index (κ2) is 10.7. The highest BCUT2D eigenvalue weighted by Crippen LogP contribution is 2.56. The predicted octanol–water partition coefficient (Wildman–Crippen LogP) is 7.78. The molecule has 2 heterocycles. The molecule has 2 aliphatic rings. The van der Waals surface area contributed by atoms with E-state index in [1.54, 1.807) is 13.1 Å². The molecule has 0 saturated carbocycles. The number of carbonyl (C=O) groups is 2. The molecular formula is C29H33Cl2N3O4S. The first-order valence-electron chi connectivity index (χ1n) is 12.6. The molecule has 2 aromatic carbocycles. The van der Waals surface area contributed by atoms with Crippen molar-refractivity contribution in [2.75, 3.05) is 19.1 Å². The summed E-state index contributed by atoms with van der Waals surface area (Å²) in [5.41, 5.74) is 1.73. The predicted molar refractivity (Wildman–Crippen MR) is 158 cm³/mol. The van der Waals surface area contributed by atoms with Gasteiger partial charge in [-0.05, 0) is 80.8 Å². The number of hydrogen-bond acceptors (Lipinski definition) is 7. The number of halogens is 2. The second-order valence-corrected chi connectivity index (χ2v) is 12.9. The third-order valence-electron chi connectivity index (χ3n) is 6.67. The number of methoxy groups -OCH3 is 1. The van der Waals surface area contributed by atoms with Crippen LogP contribution in [0.15, 0.2) is 58.1 Å². The lowest BCUT2D eigenvalue weighted by atomic mass is 9.81. The highest BCUT2D eigenvalue weighted by atomic mass is 35.5. The van der Waals surface area contributed by atoms with Gasteiger partial charge < -0.3 is 14.4 Å². The highest BCUT2D eigenvalue weighted by molar-refractivity contribution is 8.18. The Bertz CT molecular complexity index is 1370. The van der Waals surface area contributed by atoms with E-state index < -0.39 is 17.2 Å². The van der Waals surface area contributed by atoms with Gasteiger partial charge in [0.05, 0.1) is 23.9 Å². The van der Waals surface area contributed by atoms with Crippen molar-refractivity contribution in [3.05, 3.63) is 74.2 Å². The molecule has 0 fully saturated rings. The number of aliphatic imine (C=N–C) groups is 1. The van der Waals surface area contributed by atoms with Crippen LogP contribution in [0.5, 0.6) is 0 Å². The van der Waals surface area contributed by atoms with Gasteiger partial charge in [0, 0.05) is 17.8 Å². The van der Waals surface area contributed by atoms with E-state index in [4.69, 9.17) is 37.7 Å². The summed E-state index contributed by atoms with van der Waals surface area (Å²) in [6.45, 7) is 11.6. The first-order valence-corrected chi connectivity index (χ1v) is 14.2. The third-order valence-corrected chi connectivity index (χ3v) is 8.29. The normalized spacial score (nSPS) is 20.7. The lowest BCUT2D eigenvalue weighted by Gasteiger charge is -2.37. The minimum atomic E-state index is -0.800. The van der Waals surface area contributed by atoms with Crippen LogP contribution in [0.4, 0.5) is 10.5 Å². The number of esters is 1. The molecule has 10 heteroatoms. The monoisotopic (exact) mass is 589 g/mol. The van der Waals surface area contributed by atoms with Crippen LogP contribution in [-0.4, -0.2) is 41.9 Å². The summed E-state index contributed by atoms with van der Waals surface area (Å²) < 4.78 is 10.7. The zero-order valence-electron chi connectivity index (χ0n) is 23.3. The lowest BCUT2D eigenvalue weighted by Crippen LogP contribution is -2.37. The lowest BCUT2D eigenvalue weighted by molar-refractivity contribution is -0.135. The van der Waals surface area contributed by atoms with E-state index in [9.17, 15) is 9.59 Å². The number of thioether (sulfide) groups is 1. The summed E-state index contributed by atoms with van der Waals surface area (Å²) in [7, 11) is 3.02. The first-order chi connectivity index (χ1) is 18.2. The van der Waals surface area contributed by atoms with E-state index in [1.807, 2.05) is 71.0 Å². The Hall–Kier alpha value is -2.68. The van der Waals surface area contributed by atoms with Crippen molar-refractivity contribution < 1.29 is 19.1 Å². The van der Waals surface area contributed by atoms with E-state index in [2.05, 4.69) is 11.8 Å². The summed E-state index contributed by atoms with van der Waals surface area (Å²) in [6, 6.07) is 12.9. The van der Waals surface area contributed by atoms with E-state index >= 15 is 0 Å². The molecule has 0 saturated heterocycles. The summed E-state index contributed by atoms with van der Waals surface area (Å²) in [4.78, 5) is 34.9. The molecule has 2 aromatic rings. The van der Waals surface area contributed by atoms with Crippen LogP contribution >= 0.6 is 35.0 Å². The standard InChI is InChI=1S/C29H33Cl2N3O4S/c1-16(2)22-23(25(35)37-8)39-26-32-29(6,24(34(22)26)17-9-12-19(30)13-10-17)18-11-14-20(31)21(15-18)33(7)27(36)38-28(3,4)5/h9-16,24H,1-8H3/t24-,29+/m1/s1. The van der Waals surface area contributed by atoms with Crippen LogP contribution < -0.4 is 4.90 Å². The zero-order chi connectivity index (χ0) is 28.9. The molecule has 0 bridgehead atoms. The van der Waals surface area contributed by atoms with E-state index in [1.165, 1.54) is 23.8 Å². The quantitative estimate of drug-likeness (QED) is 0.331. The number of amides is 1. The summed E-state index contributed by atoms with van der Waals surface area (Å²) in [5.74, 6) is -0.361. The van der Waals surface area contributed by atoms with Gasteiger partial charge in [0.2, 0.25) is 0 Å². The highest BCUT2D eigenvalue weighted by Gasteiger charge is 2.53. The minimum absolute atomic E-state index is 0.0236. The topological polar surface area (TPSA) is 71.4 Å². The maximum atomic E-state index is 12.9. The van der Waals surface area contributed by atoms with E-state index in [0.717, 1.165) is 16.8 Å². The number of amidine groups is 1. The van der Waals surface area contributed by atoms with Gasteiger partial charge in [0.25, 0.3) is 0 Å². The van der Waals surface area contributed by atoms with Crippen molar-refractivity contribution >= 4 is 57.9 Å². The molecule has 0 aromatic heterocycles. The van der Waals surface area contributed by atoms with Crippen LogP contribution in [-0.2, 0) is 19.8 Å².